The number of hydrogen-bond donors (Lipinski definition) is 2. The van der Waals surface area contributed by atoms with E-state index in [2.05, 4.69) is 10.2 Å². The average Bonchev–Trinajstić information content (AvgIpc) is 1.88. The maximum absolute atomic E-state index is 9.89. The molecule has 10 heavy (non-hydrogen) atoms. The maximum atomic E-state index is 9.89. The molecular weight excluding hydrogens is 134 g/mol. The van der Waals surface area contributed by atoms with Crippen LogP contribution in [0.4, 0.5) is 11.5 Å². The van der Waals surface area contributed by atoms with Crippen LogP contribution >= 0.6 is 0 Å². The number of anilines is 1. The number of hydrogen-bond acceptors (Lipinski definition) is 5. The van der Waals surface area contributed by atoms with Gasteiger partial charge in [0.1, 0.15) is 5.69 Å². The summed E-state index contributed by atoms with van der Waals surface area (Å²) in [5.74, 6) is -0.278. The van der Waals surface area contributed by atoms with Gasteiger partial charge in [-0.15, -0.1) is 4.91 Å². The number of nitrogens with two attached hydrogens (primary N) is 1. The minimum Gasteiger partial charge on any atom is -0.493 e. The zero-order valence-electron chi connectivity index (χ0n) is 4.98. The summed E-state index contributed by atoms with van der Waals surface area (Å²) in [6, 6.07) is 2.54. The monoisotopic (exact) mass is 139 g/mol. The van der Waals surface area contributed by atoms with E-state index in [4.69, 9.17) is 10.8 Å². The van der Waals surface area contributed by atoms with Crippen molar-refractivity contribution < 1.29 is 5.11 Å². The SMILES string of the molecule is Nc1nc(O)ccc1N=O. The van der Waals surface area contributed by atoms with Crippen LogP contribution in [0.15, 0.2) is 17.3 Å². The van der Waals surface area contributed by atoms with Crippen molar-refractivity contribution in [2.75, 3.05) is 5.73 Å². The Morgan fingerprint density at radius 1 is 1.60 bits per heavy atom. The summed E-state index contributed by atoms with van der Waals surface area (Å²) in [4.78, 5) is 13.3. The largest absolute Gasteiger partial charge is 0.493 e. The van der Waals surface area contributed by atoms with E-state index >= 15 is 0 Å². The van der Waals surface area contributed by atoms with Crippen molar-refractivity contribution >= 4 is 11.5 Å². The predicted octanol–water partition coefficient (Wildman–Crippen LogP) is 0.767. The van der Waals surface area contributed by atoms with Crippen molar-refractivity contribution in [3.63, 3.8) is 0 Å². The van der Waals surface area contributed by atoms with E-state index in [0.29, 0.717) is 0 Å². The summed E-state index contributed by atoms with van der Waals surface area (Å²) in [7, 11) is 0. The van der Waals surface area contributed by atoms with Gasteiger partial charge in [0, 0.05) is 6.07 Å². The number of pyridine rings is 1. The van der Waals surface area contributed by atoms with E-state index in [1.807, 2.05) is 0 Å². The van der Waals surface area contributed by atoms with Gasteiger partial charge in [0.15, 0.2) is 5.82 Å². The van der Waals surface area contributed by atoms with Crippen LogP contribution in [0.25, 0.3) is 0 Å². The van der Waals surface area contributed by atoms with Gasteiger partial charge in [0.25, 0.3) is 0 Å². The molecule has 1 heterocycles. The van der Waals surface area contributed by atoms with Gasteiger partial charge in [-0.2, -0.15) is 4.98 Å². The van der Waals surface area contributed by atoms with Crippen molar-refractivity contribution in [2.24, 2.45) is 5.18 Å². The molecule has 5 nitrogen and oxygen atoms in total. The average molecular weight is 139 g/mol. The molecule has 1 aromatic heterocycles. The first kappa shape index (κ1) is 6.47. The molecule has 52 valence electrons. The molecule has 0 aliphatic rings. The Kier molecular flexibility index (Phi) is 1.49. The van der Waals surface area contributed by atoms with Gasteiger partial charge in [0.05, 0.1) is 0 Å². The van der Waals surface area contributed by atoms with Gasteiger partial charge >= 0.3 is 0 Å². The standard InChI is InChI=1S/C5H5N3O2/c6-5-3(8-10)1-2-4(9)7-5/h1-2H,(H3,6,7,9). The molecule has 3 N–H and O–H groups in total. The van der Waals surface area contributed by atoms with E-state index in [-0.39, 0.29) is 17.4 Å². The first-order chi connectivity index (χ1) is 4.74. The first-order valence-electron chi connectivity index (χ1n) is 2.53. The third-order valence-electron chi connectivity index (χ3n) is 0.986. The molecule has 0 bridgehead atoms. The van der Waals surface area contributed by atoms with Gasteiger partial charge in [-0.3, -0.25) is 0 Å². The van der Waals surface area contributed by atoms with Crippen molar-refractivity contribution in [1.29, 1.82) is 0 Å². The van der Waals surface area contributed by atoms with Crippen LogP contribution in [0.1, 0.15) is 0 Å². The lowest BCUT2D eigenvalue weighted by molar-refractivity contribution is 0.454. The highest BCUT2D eigenvalue weighted by Crippen LogP contribution is 2.20. The number of nitrogens with zero attached hydrogens (tertiary/aromatic N) is 2. The molecule has 0 aromatic carbocycles. The van der Waals surface area contributed by atoms with Crippen LogP contribution in [0.3, 0.4) is 0 Å². The van der Waals surface area contributed by atoms with Crippen molar-refractivity contribution in [1.82, 2.24) is 4.98 Å². The number of aromatic nitrogens is 1. The molecule has 0 fully saturated rings. The highest BCUT2D eigenvalue weighted by Gasteiger charge is 1.99. The van der Waals surface area contributed by atoms with E-state index in [1.165, 1.54) is 12.1 Å². The molecule has 0 aliphatic carbocycles. The second-order valence-corrected chi connectivity index (χ2v) is 1.67. The van der Waals surface area contributed by atoms with Gasteiger partial charge in [-0.25, -0.2) is 0 Å². The highest BCUT2D eigenvalue weighted by atomic mass is 16.3. The van der Waals surface area contributed by atoms with Gasteiger partial charge in [-0.1, -0.05) is 0 Å². The lowest BCUT2D eigenvalue weighted by atomic mass is 10.4. The molecule has 0 aliphatic heterocycles. The van der Waals surface area contributed by atoms with Gasteiger partial charge < -0.3 is 10.8 Å². The second kappa shape index (κ2) is 2.30. The van der Waals surface area contributed by atoms with Gasteiger partial charge in [0.2, 0.25) is 5.88 Å². The summed E-state index contributed by atoms with van der Waals surface area (Å²) in [5.41, 5.74) is 5.21. The molecule has 0 atom stereocenters. The third-order valence-corrected chi connectivity index (χ3v) is 0.986. The third kappa shape index (κ3) is 1.02. The molecule has 0 saturated carbocycles. The van der Waals surface area contributed by atoms with Crippen molar-refractivity contribution in [3.05, 3.63) is 17.0 Å². The number of aromatic hydroxyl groups is 1. The molecule has 0 spiro atoms. The predicted molar refractivity (Wildman–Crippen MR) is 35.8 cm³/mol. The molecule has 0 amide bonds. The van der Waals surface area contributed by atoms with Gasteiger partial charge in [-0.05, 0) is 11.2 Å². The van der Waals surface area contributed by atoms with Crippen LogP contribution in [0.2, 0.25) is 0 Å². The number of nitrogen functional groups attached to an aromatic ring is 1. The van der Waals surface area contributed by atoms with Crippen LogP contribution in [-0.4, -0.2) is 10.1 Å². The minimum atomic E-state index is -0.218. The molecule has 0 saturated heterocycles. The molecule has 5 heteroatoms. The Labute approximate surface area is 56.5 Å². The Morgan fingerprint density at radius 2 is 2.30 bits per heavy atom. The Balaban J connectivity index is 3.19. The maximum Gasteiger partial charge on any atom is 0.212 e. The van der Waals surface area contributed by atoms with E-state index < -0.39 is 0 Å². The van der Waals surface area contributed by atoms with E-state index in [1.54, 1.807) is 0 Å². The molecule has 0 radical (unpaired) electrons. The summed E-state index contributed by atoms with van der Waals surface area (Å²) < 4.78 is 0. The lowest BCUT2D eigenvalue weighted by Gasteiger charge is -1.94. The molecule has 1 rings (SSSR count). The lowest BCUT2D eigenvalue weighted by Crippen LogP contribution is -1.88. The second-order valence-electron chi connectivity index (χ2n) is 1.67. The highest BCUT2D eigenvalue weighted by molar-refractivity contribution is 5.57. The number of rotatable bonds is 1. The topological polar surface area (TPSA) is 88.6 Å². The van der Waals surface area contributed by atoms with Crippen LogP contribution in [-0.2, 0) is 0 Å². The molecular formula is C5H5N3O2. The molecule has 1 aromatic rings. The fourth-order valence-corrected chi connectivity index (χ4v) is 0.534. The fourth-order valence-electron chi connectivity index (χ4n) is 0.534. The van der Waals surface area contributed by atoms with Crippen molar-refractivity contribution in [3.8, 4) is 5.88 Å². The minimum absolute atomic E-state index is 0.0396. The Morgan fingerprint density at radius 3 is 2.80 bits per heavy atom. The van der Waals surface area contributed by atoms with Crippen LogP contribution < -0.4 is 5.73 Å². The van der Waals surface area contributed by atoms with E-state index in [0.717, 1.165) is 0 Å². The summed E-state index contributed by atoms with van der Waals surface area (Å²) >= 11 is 0. The zero-order valence-corrected chi connectivity index (χ0v) is 4.98. The Hall–Kier alpha value is -1.65. The van der Waals surface area contributed by atoms with E-state index in [9.17, 15) is 4.91 Å². The first-order valence-corrected chi connectivity index (χ1v) is 2.53. The summed E-state index contributed by atoms with van der Waals surface area (Å²) in [5, 5.41) is 11.3. The summed E-state index contributed by atoms with van der Waals surface area (Å²) in [6.07, 6.45) is 0. The van der Waals surface area contributed by atoms with Crippen molar-refractivity contribution in [2.45, 2.75) is 0 Å². The normalized spacial score (nSPS) is 9.20. The summed E-state index contributed by atoms with van der Waals surface area (Å²) in [6.45, 7) is 0. The fraction of sp³-hybridized carbons (Fsp3) is 0. The van der Waals surface area contributed by atoms with Crippen LogP contribution in [0, 0.1) is 4.91 Å². The quantitative estimate of drug-likeness (QED) is 0.562. The Bertz CT molecular complexity index is 261. The molecule has 0 unspecified atom stereocenters. The zero-order chi connectivity index (χ0) is 7.56. The van der Waals surface area contributed by atoms with Crippen LogP contribution in [0.5, 0.6) is 5.88 Å². The smallest absolute Gasteiger partial charge is 0.212 e. The number of nitroso groups, excluding NO2 is 1.